The molecule has 1 aliphatic rings. The summed E-state index contributed by atoms with van der Waals surface area (Å²) in [5.41, 5.74) is -0.631. The fourth-order valence-electron chi connectivity index (χ4n) is 7.05. The molecule has 4 aromatic carbocycles. The molecule has 3 atom stereocenters. The van der Waals surface area contributed by atoms with E-state index < -0.39 is 41.1 Å². The van der Waals surface area contributed by atoms with Crippen LogP contribution in [0.15, 0.2) is 125 Å². The van der Waals surface area contributed by atoms with Gasteiger partial charge in [0.15, 0.2) is 6.29 Å². The van der Waals surface area contributed by atoms with Crippen molar-refractivity contribution in [3.05, 3.63) is 164 Å². The van der Waals surface area contributed by atoms with E-state index in [-0.39, 0.29) is 26.4 Å². The Kier molecular flexibility index (Phi) is 12.1. The predicted molar refractivity (Wildman–Crippen MR) is 200 cm³/mol. The highest BCUT2D eigenvalue weighted by Gasteiger charge is 2.55. The van der Waals surface area contributed by atoms with E-state index in [1.165, 1.54) is 25.0 Å². The van der Waals surface area contributed by atoms with Crippen molar-refractivity contribution in [3.8, 4) is 11.5 Å². The summed E-state index contributed by atoms with van der Waals surface area (Å²) in [6.45, 7) is 1.35. The highest BCUT2D eigenvalue weighted by Crippen LogP contribution is 2.45. The smallest absolute Gasteiger partial charge is 0.335 e. The van der Waals surface area contributed by atoms with Gasteiger partial charge in [-0.15, -0.1) is 0 Å². The Labute approximate surface area is 314 Å². The molecule has 5 aromatic rings. The molecule has 6 rings (SSSR count). The molecule has 54 heavy (non-hydrogen) atoms. The number of hydrogen-bond acceptors (Lipinski definition) is 10. The maximum Gasteiger partial charge on any atom is 0.335 e. The molecule has 0 amide bonds. The summed E-state index contributed by atoms with van der Waals surface area (Å²) in [4.78, 5) is 27.1. The standard InChI is InChI=1S/C42H46N2O10/c1-29-25-43(40(46)44(38(29)45)28-52-26-30-12-8-6-9-13-30)37-24-41(47,39(50-4)51-5)36(54-37)27-53-42(31-14-10-7-11-15-31,32-16-20-34(48-2)21-17-32)33-18-22-35(49-3)23-19-33/h6-23,25,36-37,39,47H,24,26-28H2,1-5H3/t36-,37-,41+/m1/s1. The van der Waals surface area contributed by atoms with Gasteiger partial charge >= 0.3 is 5.69 Å². The highest BCUT2D eigenvalue weighted by atomic mass is 16.7. The third-order valence-electron chi connectivity index (χ3n) is 9.85. The van der Waals surface area contributed by atoms with Gasteiger partial charge in [-0.2, -0.15) is 0 Å². The number of rotatable bonds is 16. The van der Waals surface area contributed by atoms with Gasteiger partial charge in [-0.3, -0.25) is 9.36 Å². The van der Waals surface area contributed by atoms with Crippen molar-refractivity contribution < 1.29 is 38.3 Å². The van der Waals surface area contributed by atoms with Gasteiger partial charge < -0.3 is 38.3 Å². The second-order valence-electron chi connectivity index (χ2n) is 13.1. The lowest BCUT2D eigenvalue weighted by Gasteiger charge is -2.39. The molecule has 1 fully saturated rings. The molecule has 2 heterocycles. The van der Waals surface area contributed by atoms with Crippen LogP contribution in [-0.2, 0) is 42.6 Å². The molecular weight excluding hydrogens is 692 g/mol. The zero-order valence-corrected chi connectivity index (χ0v) is 31.0. The van der Waals surface area contributed by atoms with Crippen LogP contribution in [0.1, 0.15) is 40.5 Å². The maximum atomic E-state index is 13.9. The summed E-state index contributed by atoms with van der Waals surface area (Å²) in [6.07, 6.45) is -1.98. The van der Waals surface area contributed by atoms with Gasteiger partial charge in [0, 0.05) is 32.4 Å². The fourth-order valence-corrected chi connectivity index (χ4v) is 7.05. The lowest BCUT2D eigenvalue weighted by atomic mass is 9.79. The first-order valence-electron chi connectivity index (χ1n) is 17.5. The third kappa shape index (κ3) is 7.62. The zero-order valence-electron chi connectivity index (χ0n) is 31.0. The van der Waals surface area contributed by atoms with Crippen LogP contribution in [-0.4, -0.2) is 67.3 Å². The van der Waals surface area contributed by atoms with E-state index in [9.17, 15) is 14.7 Å². The molecule has 12 heteroatoms. The maximum absolute atomic E-state index is 13.9. The van der Waals surface area contributed by atoms with E-state index in [0.717, 1.165) is 26.8 Å². The Morgan fingerprint density at radius 2 is 1.33 bits per heavy atom. The van der Waals surface area contributed by atoms with Crippen LogP contribution in [0, 0.1) is 6.92 Å². The van der Waals surface area contributed by atoms with Crippen molar-refractivity contribution in [3.63, 3.8) is 0 Å². The Morgan fingerprint density at radius 1 is 0.796 bits per heavy atom. The number of benzene rings is 4. The number of aromatic nitrogens is 2. The Hall–Kier alpha value is -5.08. The van der Waals surface area contributed by atoms with Gasteiger partial charge in [-0.1, -0.05) is 84.9 Å². The molecule has 0 unspecified atom stereocenters. The van der Waals surface area contributed by atoms with Crippen molar-refractivity contribution in [2.75, 3.05) is 35.0 Å². The second kappa shape index (κ2) is 16.9. The molecule has 0 bridgehead atoms. The topological polar surface area (TPSA) is 129 Å². The molecule has 0 aliphatic carbocycles. The van der Waals surface area contributed by atoms with Gasteiger partial charge in [-0.05, 0) is 53.4 Å². The van der Waals surface area contributed by atoms with Crippen LogP contribution in [0.25, 0.3) is 0 Å². The van der Waals surface area contributed by atoms with E-state index in [0.29, 0.717) is 17.1 Å². The molecule has 1 saturated heterocycles. The predicted octanol–water partition coefficient (Wildman–Crippen LogP) is 5.16. The van der Waals surface area contributed by atoms with E-state index in [2.05, 4.69) is 0 Å². The lowest BCUT2D eigenvalue weighted by molar-refractivity contribution is -0.239. The van der Waals surface area contributed by atoms with E-state index in [4.69, 9.17) is 33.2 Å². The minimum Gasteiger partial charge on any atom is -0.497 e. The first-order chi connectivity index (χ1) is 26.2. The van der Waals surface area contributed by atoms with Crippen molar-refractivity contribution in [2.24, 2.45) is 0 Å². The summed E-state index contributed by atoms with van der Waals surface area (Å²) in [7, 11) is 6.04. The molecule has 12 nitrogen and oxygen atoms in total. The van der Waals surface area contributed by atoms with Gasteiger partial charge in [0.1, 0.15) is 41.8 Å². The van der Waals surface area contributed by atoms with E-state index >= 15 is 0 Å². The van der Waals surface area contributed by atoms with Gasteiger partial charge in [0.2, 0.25) is 0 Å². The number of aliphatic hydroxyl groups is 1. The Morgan fingerprint density at radius 3 is 1.87 bits per heavy atom. The normalized spacial score (nSPS) is 18.6. The number of aryl methyl sites for hydroxylation is 1. The SMILES string of the molecule is COc1ccc(C(OC[C@H]2O[C@@H](n3cc(C)c(=O)n(COCc4ccccc4)c3=O)C[C@@]2(O)C(OC)OC)(c2ccccc2)c2ccc(OC)cc2)cc1. The lowest BCUT2D eigenvalue weighted by Crippen LogP contribution is -2.53. The van der Waals surface area contributed by atoms with Gasteiger partial charge in [0.25, 0.3) is 5.56 Å². The summed E-state index contributed by atoms with van der Waals surface area (Å²) >= 11 is 0. The molecule has 1 aromatic heterocycles. The first kappa shape index (κ1) is 38.6. The molecule has 0 radical (unpaired) electrons. The second-order valence-corrected chi connectivity index (χ2v) is 13.1. The number of hydrogen-bond donors (Lipinski definition) is 1. The van der Waals surface area contributed by atoms with Gasteiger partial charge in [-0.25, -0.2) is 9.36 Å². The molecule has 1 aliphatic heterocycles. The first-order valence-corrected chi connectivity index (χ1v) is 17.5. The quantitative estimate of drug-likeness (QED) is 0.107. The average molecular weight is 739 g/mol. The summed E-state index contributed by atoms with van der Waals surface area (Å²) in [5.74, 6) is 1.34. The monoisotopic (exact) mass is 738 g/mol. The number of methoxy groups -OCH3 is 4. The molecule has 0 spiro atoms. The Balaban J connectivity index is 1.39. The van der Waals surface area contributed by atoms with Gasteiger partial charge in [0.05, 0.1) is 27.4 Å². The van der Waals surface area contributed by atoms with Crippen LogP contribution in [0.3, 0.4) is 0 Å². The van der Waals surface area contributed by atoms with Crippen LogP contribution in [0.2, 0.25) is 0 Å². The average Bonchev–Trinajstić information content (AvgIpc) is 3.55. The minimum absolute atomic E-state index is 0.126. The third-order valence-corrected chi connectivity index (χ3v) is 9.85. The summed E-state index contributed by atoms with van der Waals surface area (Å²) in [6, 6.07) is 34.3. The highest BCUT2D eigenvalue weighted by molar-refractivity contribution is 5.49. The fraction of sp³-hybridized carbons (Fsp3) is 0.333. The van der Waals surface area contributed by atoms with Crippen molar-refractivity contribution in [2.45, 2.75) is 56.5 Å². The molecule has 1 N–H and O–H groups in total. The van der Waals surface area contributed by atoms with E-state index in [1.807, 2.05) is 109 Å². The van der Waals surface area contributed by atoms with Crippen molar-refractivity contribution >= 4 is 0 Å². The number of nitrogens with zero attached hydrogens (tertiary/aromatic N) is 2. The summed E-state index contributed by atoms with van der Waals surface area (Å²) < 4.78 is 44.0. The molecular formula is C42H46N2O10. The van der Waals surface area contributed by atoms with E-state index in [1.54, 1.807) is 21.1 Å². The molecule has 0 saturated carbocycles. The van der Waals surface area contributed by atoms with Crippen molar-refractivity contribution in [1.82, 2.24) is 9.13 Å². The largest absolute Gasteiger partial charge is 0.497 e. The van der Waals surface area contributed by atoms with Crippen LogP contribution in [0.4, 0.5) is 0 Å². The Bertz CT molecular complexity index is 2030. The minimum atomic E-state index is -1.81. The number of ether oxygens (including phenoxy) is 7. The van der Waals surface area contributed by atoms with Crippen LogP contribution < -0.4 is 20.7 Å². The van der Waals surface area contributed by atoms with Crippen LogP contribution >= 0.6 is 0 Å². The zero-order chi connectivity index (χ0) is 38.3. The molecule has 284 valence electrons. The van der Waals surface area contributed by atoms with Crippen LogP contribution in [0.5, 0.6) is 11.5 Å². The van der Waals surface area contributed by atoms with Crippen molar-refractivity contribution in [1.29, 1.82) is 0 Å². The summed E-state index contributed by atoms with van der Waals surface area (Å²) in [5, 5.41) is 12.4.